The molecule has 3 rings (SSSR count). The van der Waals surface area contributed by atoms with Crippen LogP contribution in [-0.4, -0.2) is 35.8 Å². The Balaban J connectivity index is 1.97. The first-order valence-corrected chi connectivity index (χ1v) is 7.23. The number of rotatable bonds is 3. The molecule has 7 heteroatoms. The van der Waals surface area contributed by atoms with Gasteiger partial charge >= 0.3 is 5.97 Å². The number of benzene rings is 1. The largest absolute Gasteiger partial charge is 0.461 e. The molecule has 2 amide bonds. The normalized spacial score (nSPS) is 19.6. The van der Waals surface area contributed by atoms with Gasteiger partial charge in [-0.15, -0.1) is 10.2 Å². The van der Waals surface area contributed by atoms with E-state index >= 15 is 0 Å². The molecule has 7 nitrogen and oxygen atoms in total. The zero-order valence-electron chi connectivity index (χ0n) is 13.0. The molecule has 0 bridgehead atoms. The molecule has 1 saturated heterocycles. The van der Waals surface area contributed by atoms with Gasteiger partial charge in [-0.1, -0.05) is 17.7 Å². The van der Waals surface area contributed by atoms with Crippen molar-refractivity contribution in [3.05, 3.63) is 29.3 Å². The molecule has 2 aliphatic rings. The van der Waals surface area contributed by atoms with E-state index in [1.54, 1.807) is 13.0 Å². The molecule has 23 heavy (non-hydrogen) atoms. The van der Waals surface area contributed by atoms with Gasteiger partial charge in [0.15, 0.2) is 5.71 Å². The predicted molar refractivity (Wildman–Crippen MR) is 83.4 cm³/mol. The quantitative estimate of drug-likeness (QED) is 0.619. The molecule has 2 aliphatic heterocycles. The van der Waals surface area contributed by atoms with Gasteiger partial charge in [-0.05, 0) is 32.4 Å². The molecule has 1 aromatic carbocycles. The van der Waals surface area contributed by atoms with Crippen molar-refractivity contribution in [2.24, 2.45) is 16.1 Å². The van der Waals surface area contributed by atoms with Crippen LogP contribution in [0.2, 0.25) is 0 Å². The highest BCUT2D eigenvalue weighted by Crippen LogP contribution is 2.31. The number of nitrogens with zero attached hydrogens (tertiary/aromatic N) is 3. The van der Waals surface area contributed by atoms with Crippen molar-refractivity contribution < 1.29 is 19.1 Å². The number of aryl methyl sites for hydroxylation is 2. The van der Waals surface area contributed by atoms with Gasteiger partial charge in [0.05, 0.1) is 12.3 Å². The summed E-state index contributed by atoms with van der Waals surface area (Å²) in [5, 5.41) is 7.39. The molecular formula is C16H15N3O4. The summed E-state index contributed by atoms with van der Waals surface area (Å²) in [6.07, 6.45) is 0. The smallest absolute Gasteiger partial charge is 0.355 e. The van der Waals surface area contributed by atoms with Crippen LogP contribution in [0.4, 0.5) is 5.69 Å². The number of fused-ring (bicyclic) bond motifs is 1. The zero-order valence-corrected chi connectivity index (χ0v) is 13.0. The first-order chi connectivity index (χ1) is 11.0. The summed E-state index contributed by atoms with van der Waals surface area (Å²) in [6.45, 7) is 5.55. The summed E-state index contributed by atoms with van der Waals surface area (Å²) in [6, 6.07) is 5.41. The highest BCUT2D eigenvalue weighted by Gasteiger charge is 2.53. The second-order valence-corrected chi connectivity index (χ2v) is 5.39. The Morgan fingerprint density at radius 3 is 2.65 bits per heavy atom. The molecule has 1 aromatic rings. The van der Waals surface area contributed by atoms with Crippen LogP contribution in [-0.2, 0) is 19.1 Å². The lowest BCUT2D eigenvalue weighted by Crippen LogP contribution is -2.35. The summed E-state index contributed by atoms with van der Waals surface area (Å²) < 4.78 is 4.87. The van der Waals surface area contributed by atoms with Crippen LogP contribution < -0.4 is 4.90 Å². The van der Waals surface area contributed by atoms with Gasteiger partial charge in [-0.3, -0.25) is 9.59 Å². The van der Waals surface area contributed by atoms with Gasteiger partial charge in [0.1, 0.15) is 11.6 Å². The minimum absolute atomic E-state index is 0.0296. The van der Waals surface area contributed by atoms with Crippen molar-refractivity contribution in [1.29, 1.82) is 0 Å². The van der Waals surface area contributed by atoms with Crippen LogP contribution in [0.5, 0.6) is 0 Å². The molecule has 0 spiro atoms. The maximum absolute atomic E-state index is 12.7. The Bertz CT molecular complexity index is 795. The van der Waals surface area contributed by atoms with Crippen molar-refractivity contribution in [2.75, 3.05) is 11.5 Å². The molecule has 1 fully saturated rings. The van der Waals surface area contributed by atoms with Crippen LogP contribution in [0.15, 0.2) is 28.4 Å². The van der Waals surface area contributed by atoms with E-state index < -0.39 is 23.7 Å². The van der Waals surface area contributed by atoms with Gasteiger partial charge < -0.3 is 4.74 Å². The highest BCUT2D eigenvalue weighted by molar-refractivity contribution is 6.66. The van der Waals surface area contributed by atoms with E-state index in [-0.39, 0.29) is 18.0 Å². The van der Waals surface area contributed by atoms with Gasteiger partial charge in [0, 0.05) is 0 Å². The van der Waals surface area contributed by atoms with Crippen molar-refractivity contribution in [2.45, 2.75) is 20.8 Å². The average Bonchev–Trinajstić information content (AvgIpc) is 3.02. The average molecular weight is 313 g/mol. The summed E-state index contributed by atoms with van der Waals surface area (Å²) in [5.41, 5.74) is 2.15. The molecule has 0 aromatic heterocycles. The van der Waals surface area contributed by atoms with E-state index in [4.69, 9.17) is 4.74 Å². The molecule has 0 unspecified atom stereocenters. The summed E-state index contributed by atoms with van der Waals surface area (Å²) >= 11 is 0. The number of carbonyl (C=O) groups is 3. The van der Waals surface area contributed by atoms with Crippen molar-refractivity contribution in [3.8, 4) is 0 Å². The standard InChI is InChI=1S/C16H15N3O4/c1-4-23-16(22)13-11-12(17-18-13)15(21)19(14(11)20)10-6-5-8(2)7-9(10)3/h5-7,11H,4H2,1-3H3/t11-/m0/s1. The zero-order chi connectivity index (χ0) is 16.7. The number of hydrogen-bond acceptors (Lipinski definition) is 6. The van der Waals surface area contributed by atoms with Gasteiger partial charge in [0.25, 0.3) is 5.91 Å². The molecular weight excluding hydrogens is 298 g/mol. The third-order valence-corrected chi connectivity index (χ3v) is 3.78. The van der Waals surface area contributed by atoms with Crippen LogP contribution in [0.25, 0.3) is 0 Å². The first kappa shape index (κ1) is 15.1. The SMILES string of the molecule is CCOC(=O)C1=NN=C2C(=O)N(c3ccc(C)cc3C)C(=O)[C@H]12. The number of hydrogen-bond donors (Lipinski definition) is 0. The van der Waals surface area contributed by atoms with Crippen molar-refractivity contribution in [1.82, 2.24) is 0 Å². The Labute approximate surface area is 132 Å². The lowest BCUT2D eigenvalue weighted by Gasteiger charge is -2.17. The van der Waals surface area contributed by atoms with E-state index in [9.17, 15) is 14.4 Å². The van der Waals surface area contributed by atoms with Crippen molar-refractivity contribution >= 4 is 34.9 Å². The molecule has 118 valence electrons. The lowest BCUT2D eigenvalue weighted by molar-refractivity contribution is -0.136. The first-order valence-electron chi connectivity index (χ1n) is 7.23. The fraction of sp³-hybridized carbons (Fsp3) is 0.312. The number of amides is 2. The van der Waals surface area contributed by atoms with Crippen LogP contribution >= 0.6 is 0 Å². The van der Waals surface area contributed by atoms with E-state index in [1.165, 1.54) is 0 Å². The highest BCUT2D eigenvalue weighted by atomic mass is 16.5. The Hall–Kier alpha value is -2.83. The summed E-state index contributed by atoms with van der Waals surface area (Å²) in [5.74, 6) is -2.86. The number of esters is 1. The second-order valence-electron chi connectivity index (χ2n) is 5.39. The van der Waals surface area contributed by atoms with Crippen LogP contribution in [0, 0.1) is 19.8 Å². The predicted octanol–water partition coefficient (Wildman–Crippen LogP) is 1.17. The van der Waals surface area contributed by atoms with Crippen molar-refractivity contribution in [3.63, 3.8) is 0 Å². The molecule has 1 atom stereocenters. The van der Waals surface area contributed by atoms with Gasteiger partial charge in [-0.2, -0.15) is 0 Å². The Kier molecular flexibility index (Phi) is 3.55. The van der Waals surface area contributed by atoms with E-state index in [0.29, 0.717) is 5.69 Å². The molecule has 0 N–H and O–H groups in total. The minimum atomic E-state index is -1.07. The van der Waals surface area contributed by atoms with Gasteiger partial charge in [0.2, 0.25) is 5.91 Å². The molecule has 2 heterocycles. The van der Waals surface area contributed by atoms with E-state index in [0.717, 1.165) is 16.0 Å². The van der Waals surface area contributed by atoms with E-state index in [2.05, 4.69) is 10.2 Å². The monoisotopic (exact) mass is 313 g/mol. The summed E-state index contributed by atoms with van der Waals surface area (Å²) in [7, 11) is 0. The Morgan fingerprint density at radius 1 is 1.26 bits per heavy atom. The lowest BCUT2D eigenvalue weighted by atomic mass is 10.0. The molecule has 0 aliphatic carbocycles. The maximum atomic E-state index is 12.7. The minimum Gasteiger partial charge on any atom is -0.461 e. The molecule has 0 saturated carbocycles. The van der Waals surface area contributed by atoms with Crippen LogP contribution in [0.1, 0.15) is 18.1 Å². The third kappa shape index (κ3) is 2.25. The Morgan fingerprint density at radius 2 is 2.00 bits per heavy atom. The van der Waals surface area contributed by atoms with Gasteiger partial charge in [-0.25, -0.2) is 9.69 Å². The number of imide groups is 1. The van der Waals surface area contributed by atoms with E-state index in [1.807, 2.05) is 26.0 Å². The fourth-order valence-electron chi connectivity index (χ4n) is 2.74. The number of ether oxygens (including phenoxy) is 1. The second kappa shape index (κ2) is 5.42. The number of carbonyl (C=O) groups excluding carboxylic acids is 3. The number of anilines is 1. The summed E-state index contributed by atoms with van der Waals surface area (Å²) in [4.78, 5) is 38.1. The fourth-order valence-corrected chi connectivity index (χ4v) is 2.74. The topological polar surface area (TPSA) is 88.4 Å². The van der Waals surface area contributed by atoms with Crippen LogP contribution in [0.3, 0.4) is 0 Å². The maximum Gasteiger partial charge on any atom is 0.355 e. The molecule has 0 radical (unpaired) electrons. The third-order valence-electron chi connectivity index (χ3n) is 3.78.